The van der Waals surface area contributed by atoms with E-state index >= 15 is 0 Å². The molecule has 0 aliphatic carbocycles. The molecule has 1 aliphatic heterocycles. The Labute approximate surface area is 144 Å². The Balaban J connectivity index is 2.22. The molecule has 134 valence electrons. The smallest absolute Gasteiger partial charge is 0.338 e. The number of esters is 1. The number of azide groups is 1. The summed E-state index contributed by atoms with van der Waals surface area (Å²) in [5.74, 6) is -0.823. The molecule has 0 saturated carbocycles. The highest BCUT2D eigenvalue weighted by atomic mass is 16.7. The van der Waals surface area contributed by atoms with Crippen molar-refractivity contribution in [1.29, 1.82) is 0 Å². The molecule has 4 atom stereocenters. The molecule has 9 nitrogen and oxygen atoms in total. The molecule has 0 bridgehead atoms. The summed E-state index contributed by atoms with van der Waals surface area (Å²) in [7, 11) is 1.47. The van der Waals surface area contributed by atoms with Crippen LogP contribution in [0.4, 0.5) is 0 Å². The number of rotatable bonds is 6. The third-order valence-corrected chi connectivity index (χ3v) is 3.76. The fraction of sp³-hybridized carbons (Fsp3) is 0.500. The van der Waals surface area contributed by atoms with Crippen molar-refractivity contribution in [2.24, 2.45) is 5.11 Å². The summed E-state index contributed by atoms with van der Waals surface area (Å²) in [4.78, 5) is 26.6. The summed E-state index contributed by atoms with van der Waals surface area (Å²) in [6.07, 6.45) is -1.86. The van der Waals surface area contributed by atoms with Crippen LogP contribution in [-0.4, -0.2) is 50.1 Å². The van der Waals surface area contributed by atoms with Crippen LogP contribution < -0.4 is 5.32 Å². The number of amides is 1. The lowest BCUT2D eigenvalue weighted by molar-refractivity contribution is -0.217. The van der Waals surface area contributed by atoms with Gasteiger partial charge in [0.1, 0.15) is 12.2 Å². The van der Waals surface area contributed by atoms with Gasteiger partial charge < -0.3 is 19.5 Å². The summed E-state index contributed by atoms with van der Waals surface area (Å²) in [5, 5.41) is 6.25. The number of hydrogen-bond donors (Lipinski definition) is 1. The number of nitrogens with zero attached hydrogens (tertiary/aromatic N) is 3. The second-order valence-corrected chi connectivity index (χ2v) is 5.53. The lowest BCUT2D eigenvalue weighted by Gasteiger charge is -2.40. The quantitative estimate of drug-likeness (QED) is 0.363. The number of carbonyl (C=O) groups excluding carboxylic acids is 2. The standard InChI is InChI=1S/C16H20N4O5/c1-10(21)19-12-8-14(23-2)24-13(9-18-20-17)15(12)25-16(22)11-6-4-3-5-7-11/h3-7,12-15H,8-9H2,1-2H3,(H,19,21)/t12-,13+,14+,15+/m0/s1. The molecule has 1 fully saturated rings. The van der Waals surface area contributed by atoms with Gasteiger partial charge in [-0.05, 0) is 17.7 Å². The van der Waals surface area contributed by atoms with Crippen LogP contribution >= 0.6 is 0 Å². The normalized spacial score (nSPS) is 25.5. The van der Waals surface area contributed by atoms with Crippen molar-refractivity contribution >= 4 is 11.9 Å². The van der Waals surface area contributed by atoms with E-state index < -0.39 is 30.5 Å². The molecule has 0 radical (unpaired) electrons. The zero-order chi connectivity index (χ0) is 18.2. The molecule has 0 spiro atoms. The fourth-order valence-electron chi connectivity index (χ4n) is 2.67. The van der Waals surface area contributed by atoms with Crippen LogP contribution in [0.3, 0.4) is 0 Å². The summed E-state index contributed by atoms with van der Waals surface area (Å²) in [5.41, 5.74) is 8.95. The van der Waals surface area contributed by atoms with Gasteiger partial charge in [0, 0.05) is 25.4 Å². The van der Waals surface area contributed by atoms with Crippen molar-refractivity contribution < 1.29 is 23.8 Å². The molecule has 0 aromatic heterocycles. The van der Waals surface area contributed by atoms with E-state index in [1.54, 1.807) is 30.3 Å². The molecule has 1 aliphatic rings. The summed E-state index contributed by atoms with van der Waals surface area (Å²) >= 11 is 0. The molecular formula is C16H20N4O5. The average molecular weight is 348 g/mol. The van der Waals surface area contributed by atoms with Crippen LogP contribution in [0.1, 0.15) is 23.7 Å². The van der Waals surface area contributed by atoms with E-state index in [1.165, 1.54) is 14.0 Å². The van der Waals surface area contributed by atoms with E-state index in [2.05, 4.69) is 15.3 Å². The highest BCUT2D eigenvalue weighted by molar-refractivity contribution is 5.89. The predicted octanol–water partition coefficient (Wildman–Crippen LogP) is 1.79. The van der Waals surface area contributed by atoms with Crippen LogP contribution in [-0.2, 0) is 19.0 Å². The second-order valence-electron chi connectivity index (χ2n) is 5.53. The first-order valence-corrected chi connectivity index (χ1v) is 7.77. The van der Waals surface area contributed by atoms with Crippen LogP contribution in [0.25, 0.3) is 10.4 Å². The number of benzene rings is 1. The molecule has 0 unspecified atom stereocenters. The van der Waals surface area contributed by atoms with Crippen molar-refractivity contribution in [3.8, 4) is 0 Å². The minimum Gasteiger partial charge on any atom is -0.454 e. The van der Waals surface area contributed by atoms with E-state index in [9.17, 15) is 9.59 Å². The second kappa shape index (κ2) is 9.03. The monoisotopic (exact) mass is 348 g/mol. The molecule has 1 amide bonds. The first-order chi connectivity index (χ1) is 12.0. The molecule has 1 aromatic rings. The summed E-state index contributed by atoms with van der Waals surface area (Å²) in [6.45, 7) is 1.31. The Hall–Kier alpha value is -2.61. The van der Waals surface area contributed by atoms with Gasteiger partial charge in [-0.3, -0.25) is 4.79 Å². The van der Waals surface area contributed by atoms with E-state index in [0.29, 0.717) is 12.0 Å². The Bertz CT molecular complexity index is 633. The first kappa shape index (κ1) is 18.7. The Kier molecular flexibility index (Phi) is 6.76. The largest absolute Gasteiger partial charge is 0.454 e. The van der Waals surface area contributed by atoms with Gasteiger partial charge in [-0.15, -0.1) is 0 Å². The van der Waals surface area contributed by atoms with Gasteiger partial charge in [0.2, 0.25) is 5.91 Å². The third-order valence-electron chi connectivity index (χ3n) is 3.76. The van der Waals surface area contributed by atoms with Crippen molar-refractivity contribution in [3.63, 3.8) is 0 Å². The summed E-state index contributed by atoms with van der Waals surface area (Å²) in [6, 6.07) is 7.95. The molecule has 1 aromatic carbocycles. The number of hydrogen-bond acceptors (Lipinski definition) is 6. The van der Waals surface area contributed by atoms with Gasteiger partial charge in [-0.25, -0.2) is 4.79 Å². The first-order valence-electron chi connectivity index (χ1n) is 7.77. The van der Waals surface area contributed by atoms with Crippen molar-refractivity contribution in [3.05, 3.63) is 46.3 Å². The molecule has 25 heavy (non-hydrogen) atoms. The Morgan fingerprint density at radius 3 is 2.72 bits per heavy atom. The fourth-order valence-corrected chi connectivity index (χ4v) is 2.67. The molecule has 1 saturated heterocycles. The van der Waals surface area contributed by atoms with E-state index in [0.717, 1.165) is 0 Å². The minimum absolute atomic E-state index is 0.0564. The average Bonchev–Trinajstić information content (AvgIpc) is 2.61. The maximum Gasteiger partial charge on any atom is 0.338 e. The van der Waals surface area contributed by atoms with Crippen LogP contribution in [0.2, 0.25) is 0 Å². The Morgan fingerprint density at radius 2 is 2.12 bits per heavy atom. The molecule has 1 heterocycles. The van der Waals surface area contributed by atoms with E-state index in [4.69, 9.17) is 19.7 Å². The maximum atomic E-state index is 12.4. The predicted molar refractivity (Wildman–Crippen MR) is 87.6 cm³/mol. The molecule has 9 heteroatoms. The molecular weight excluding hydrogens is 328 g/mol. The van der Waals surface area contributed by atoms with Crippen LogP contribution in [0, 0.1) is 0 Å². The zero-order valence-corrected chi connectivity index (χ0v) is 14.0. The van der Waals surface area contributed by atoms with Gasteiger partial charge in [-0.1, -0.05) is 23.3 Å². The van der Waals surface area contributed by atoms with Gasteiger partial charge in [0.05, 0.1) is 18.2 Å². The number of methoxy groups -OCH3 is 1. The van der Waals surface area contributed by atoms with Crippen molar-refractivity contribution in [1.82, 2.24) is 5.32 Å². The molecule has 2 rings (SSSR count). The number of carbonyl (C=O) groups is 2. The highest BCUT2D eigenvalue weighted by Crippen LogP contribution is 2.25. The van der Waals surface area contributed by atoms with Gasteiger partial charge in [0.25, 0.3) is 0 Å². The number of ether oxygens (including phenoxy) is 3. The van der Waals surface area contributed by atoms with Gasteiger partial charge in [-0.2, -0.15) is 0 Å². The van der Waals surface area contributed by atoms with Crippen LogP contribution in [0.5, 0.6) is 0 Å². The minimum atomic E-state index is -0.812. The topological polar surface area (TPSA) is 123 Å². The van der Waals surface area contributed by atoms with Gasteiger partial charge in [0.15, 0.2) is 6.29 Å². The Morgan fingerprint density at radius 1 is 1.40 bits per heavy atom. The van der Waals surface area contributed by atoms with E-state index in [-0.39, 0.29) is 12.5 Å². The van der Waals surface area contributed by atoms with E-state index in [1.807, 2.05) is 0 Å². The lowest BCUT2D eigenvalue weighted by Crippen LogP contribution is -2.58. The van der Waals surface area contributed by atoms with Crippen molar-refractivity contribution in [2.45, 2.75) is 37.9 Å². The SMILES string of the molecule is CO[C@H]1C[C@H](NC(C)=O)[C@@H](OC(=O)c2ccccc2)[C@@H](CN=[N+]=[N-])O1. The van der Waals surface area contributed by atoms with Crippen molar-refractivity contribution in [2.75, 3.05) is 13.7 Å². The summed E-state index contributed by atoms with van der Waals surface area (Å²) < 4.78 is 16.5. The van der Waals surface area contributed by atoms with Gasteiger partial charge >= 0.3 is 5.97 Å². The molecule has 1 N–H and O–H groups in total. The zero-order valence-electron chi connectivity index (χ0n) is 14.0. The maximum absolute atomic E-state index is 12.4. The third kappa shape index (κ3) is 5.18. The lowest BCUT2D eigenvalue weighted by atomic mass is 9.98. The van der Waals surface area contributed by atoms with Crippen LogP contribution in [0.15, 0.2) is 35.4 Å². The highest BCUT2D eigenvalue weighted by Gasteiger charge is 2.41. The number of nitrogens with one attached hydrogen (secondary N) is 1.